The highest BCUT2D eigenvalue weighted by molar-refractivity contribution is 8.00. The molecule has 1 aromatic carbocycles. The first kappa shape index (κ1) is 20.5. The second-order valence-electron chi connectivity index (χ2n) is 5.01. The molecule has 2 rings (SSSR count). The van der Waals surface area contributed by atoms with Crippen LogP contribution in [0.2, 0.25) is 0 Å². The Balaban J connectivity index is 0.00000264. The van der Waals surface area contributed by atoms with Crippen LogP contribution in [-0.4, -0.2) is 43.0 Å². The lowest BCUT2D eigenvalue weighted by atomic mass is 10.0. The van der Waals surface area contributed by atoms with E-state index in [9.17, 15) is 22.0 Å². The molecule has 0 aromatic heterocycles. The Hall–Kier alpha value is -0.570. The van der Waals surface area contributed by atoms with Gasteiger partial charge >= 0.3 is 5.51 Å². The number of alkyl halides is 5. The monoisotopic (exact) mass is 376 g/mol. The summed E-state index contributed by atoms with van der Waals surface area (Å²) in [6.45, 7) is 2.38. The number of halogens is 6. The maximum atomic E-state index is 12.9. The van der Waals surface area contributed by atoms with Crippen molar-refractivity contribution in [3.8, 4) is 0 Å². The molecule has 0 aliphatic carbocycles. The van der Waals surface area contributed by atoms with Gasteiger partial charge in [0.25, 0.3) is 0 Å². The van der Waals surface area contributed by atoms with Crippen molar-refractivity contribution in [1.29, 1.82) is 0 Å². The largest absolute Gasteiger partial charge is 0.446 e. The van der Waals surface area contributed by atoms with Gasteiger partial charge in [-0.15, -0.1) is 12.4 Å². The van der Waals surface area contributed by atoms with E-state index >= 15 is 0 Å². The van der Waals surface area contributed by atoms with Gasteiger partial charge in [0.15, 0.2) is 0 Å². The highest BCUT2D eigenvalue weighted by Gasteiger charge is 2.33. The summed E-state index contributed by atoms with van der Waals surface area (Å²) in [5.41, 5.74) is -4.11. The second kappa shape index (κ2) is 9.05. The van der Waals surface area contributed by atoms with Gasteiger partial charge in [0.05, 0.1) is 0 Å². The van der Waals surface area contributed by atoms with Gasteiger partial charge in [-0.3, -0.25) is 4.90 Å². The average molecular weight is 377 g/mol. The van der Waals surface area contributed by atoms with Crippen LogP contribution in [0.25, 0.3) is 0 Å². The highest BCUT2D eigenvalue weighted by atomic mass is 35.5. The first-order chi connectivity index (χ1) is 10.4. The Morgan fingerprint density at radius 3 is 2.30 bits per heavy atom. The van der Waals surface area contributed by atoms with Crippen LogP contribution in [0.4, 0.5) is 22.0 Å². The van der Waals surface area contributed by atoms with E-state index < -0.39 is 24.4 Å². The average Bonchev–Trinajstić information content (AvgIpc) is 2.45. The van der Waals surface area contributed by atoms with Crippen molar-refractivity contribution < 1.29 is 22.0 Å². The number of thioether (sulfide) groups is 1. The number of nitrogens with zero attached hydrogens (tertiary/aromatic N) is 1. The van der Waals surface area contributed by atoms with Crippen LogP contribution >= 0.6 is 24.2 Å². The van der Waals surface area contributed by atoms with Crippen molar-refractivity contribution in [3.63, 3.8) is 0 Å². The van der Waals surface area contributed by atoms with Gasteiger partial charge in [0.1, 0.15) is 0 Å². The Labute approximate surface area is 142 Å². The summed E-state index contributed by atoms with van der Waals surface area (Å²) in [5, 5.41) is 3.11. The number of rotatable bonds is 5. The minimum Gasteiger partial charge on any atom is -0.314 e. The third-order valence-electron chi connectivity index (χ3n) is 3.50. The quantitative estimate of drug-likeness (QED) is 0.608. The van der Waals surface area contributed by atoms with Crippen molar-refractivity contribution in [1.82, 2.24) is 10.2 Å². The van der Waals surface area contributed by atoms with Gasteiger partial charge in [0, 0.05) is 43.5 Å². The van der Waals surface area contributed by atoms with E-state index in [1.807, 2.05) is 4.90 Å². The Morgan fingerprint density at radius 1 is 1.13 bits per heavy atom. The van der Waals surface area contributed by atoms with Crippen LogP contribution in [0.1, 0.15) is 18.0 Å². The fourth-order valence-electron chi connectivity index (χ4n) is 2.61. The number of benzene rings is 1. The predicted octanol–water partition coefficient (Wildman–Crippen LogP) is 4.32. The molecule has 23 heavy (non-hydrogen) atoms. The summed E-state index contributed by atoms with van der Waals surface area (Å²) in [6.07, 6.45) is -3.03. The van der Waals surface area contributed by atoms with E-state index in [0.29, 0.717) is 31.7 Å². The first-order valence-corrected chi connectivity index (χ1v) is 7.76. The Morgan fingerprint density at radius 2 is 1.74 bits per heavy atom. The Bertz CT molecular complexity index is 480. The molecule has 1 aliphatic heterocycles. The molecule has 1 fully saturated rings. The molecule has 0 saturated carbocycles. The minimum atomic E-state index is -4.44. The van der Waals surface area contributed by atoms with E-state index in [1.165, 1.54) is 18.2 Å². The highest BCUT2D eigenvalue weighted by Crippen LogP contribution is 2.42. The molecular weight excluding hydrogens is 359 g/mol. The zero-order valence-electron chi connectivity index (χ0n) is 12.2. The van der Waals surface area contributed by atoms with Gasteiger partial charge < -0.3 is 5.32 Å². The van der Waals surface area contributed by atoms with E-state index in [0.717, 1.165) is 0 Å². The molecule has 2 nitrogen and oxygen atoms in total. The number of hydrogen-bond acceptors (Lipinski definition) is 3. The van der Waals surface area contributed by atoms with Crippen LogP contribution in [0.5, 0.6) is 0 Å². The molecule has 132 valence electrons. The van der Waals surface area contributed by atoms with Gasteiger partial charge in [-0.05, 0) is 23.4 Å². The lowest BCUT2D eigenvalue weighted by Gasteiger charge is -2.36. The van der Waals surface area contributed by atoms with Crippen molar-refractivity contribution in [2.24, 2.45) is 0 Å². The van der Waals surface area contributed by atoms with E-state index in [4.69, 9.17) is 0 Å². The standard InChI is InChI=1S/C14H17F5N2S.ClH/c15-13(16)9-11(21-7-5-20-6-8-21)10-3-1-2-4-12(10)22-14(17,18)19;/h1-4,11,13,20H,5-9H2;1H/t11-;/m0./s1. The molecule has 9 heteroatoms. The maximum absolute atomic E-state index is 12.9. The van der Waals surface area contributed by atoms with Gasteiger partial charge in [-0.1, -0.05) is 18.2 Å². The SMILES string of the molecule is Cl.FC(F)C[C@@H](c1ccccc1SC(F)(F)F)N1CCNCC1. The minimum absolute atomic E-state index is 0. The smallest absolute Gasteiger partial charge is 0.314 e. The molecule has 0 radical (unpaired) electrons. The first-order valence-electron chi connectivity index (χ1n) is 6.94. The third-order valence-corrected chi connectivity index (χ3v) is 4.32. The van der Waals surface area contributed by atoms with Crippen molar-refractivity contribution >= 4 is 24.2 Å². The zero-order valence-corrected chi connectivity index (χ0v) is 13.8. The maximum Gasteiger partial charge on any atom is 0.446 e. The van der Waals surface area contributed by atoms with Crippen LogP contribution in [0.3, 0.4) is 0 Å². The van der Waals surface area contributed by atoms with Gasteiger partial charge in [-0.2, -0.15) is 13.2 Å². The fraction of sp³-hybridized carbons (Fsp3) is 0.571. The molecule has 0 bridgehead atoms. The molecule has 0 spiro atoms. The topological polar surface area (TPSA) is 15.3 Å². The number of piperazine rings is 1. The molecule has 0 amide bonds. The van der Waals surface area contributed by atoms with Gasteiger partial charge in [-0.25, -0.2) is 8.78 Å². The predicted molar refractivity (Wildman–Crippen MR) is 83.4 cm³/mol. The zero-order chi connectivity index (χ0) is 16.2. The van der Waals surface area contributed by atoms with Crippen molar-refractivity contribution in [3.05, 3.63) is 29.8 Å². The summed E-state index contributed by atoms with van der Waals surface area (Å²) in [7, 11) is 0. The molecule has 1 N–H and O–H groups in total. The molecular formula is C14H18ClF5N2S. The summed E-state index contributed by atoms with van der Waals surface area (Å²) < 4.78 is 63.9. The van der Waals surface area contributed by atoms with Crippen LogP contribution in [-0.2, 0) is 0 Å². The van der Waals surface area contributed by atoms with E-state index in [-0.39, 0.29) is 29.1 Å². The number of hydrogen-bond donors (Lipinski definition) is 1. The van der Waals surface area contributed by atoms with Crippen LogP contribution < -0.4 is 5.32 Å². The summed E-state index contributed by atoms with van der Waals surface area (Å²) in [4.78, 5) is 1.83. The molecule has 1 atom stereocenters. The number of nitrogens with one attached hydrogen (secondary N) is 1. The van der Waals surface area contributed by atoms with Crippen LogP contribution in [0, 0.1) is 0 Å². The van der Waals surface area contributed by atoms with E-state index in [1.54, 1.807) is 6.07 Å². The van der Waals surface area contributed by atoms with E-state index in [2.05, 4.69) is 5.32 Å². The molecule has 1 aliphatic rings. The third kappa shape index (κ3) is 6.45. The molecule has 1 aromatic rings. The molecule has 0 unspecified atom stereocenters. The fourth-order valence-corrected chi connectivity index (χ4v) is 3.33. The van der Waals surface area contributed by atoms with Gasteiger partial charge in [0.2, 0.25) is 6.43 Å². The van der Waals surface area contributed by atoms with Crippen molar-refractivity contribution in [2.45, 2.75) is 29.3 Å². The molecule has 1 saturated heterocycles. The lowest BCUT2D eigenvalue weighted by Crippen LogP contribution is -2.45. The van der Waals surface area contributed by atoms with Crippen molar-refractivity contribution in [2.75, 3.05) is 26.2 Å². The lowest BCUT2D eigenvalue weighted by molar-refractivity contribution is -0.0328. The summed E-state index contributed by atoms with van der Waals surface area (Å²) in [6, 6.07) is 5.25. The summed E-state index contributed by atoms with van der Waals surface area (Å²) >= 11 is -0.240. The summed E-state index contributed by atoms with van der Waals surface area (Å²) in [5.74, 6) is 0. The Kier molecular flexibility index (Phi) is 8.06. The van der Waals surface area contributed by atoms with Crippen LogP contribution in [0.15, 0.2) is 29.2 Å². The second-order valence-corrected chi connectivity index (χ2v) is 6.12. The molecule has 1 heterocycles. The normalized spacial score (nSPS) is 17.8.